The van der Waals surface area contributed by atoms with Crippen molar-refractivity contribution < 1.29 is 13.2 Å². The number of nitrogens with two attached hydrogens (primary N) is 1. The molecule has 6 heteroatoms. The van der Waals surface area contributed by atoms with Crippen LogP contribution in [0.2, 0.25) is 0 Å². The summed E-state index contributed by atoms with van der Waals surface area (Å²) < 4.78 is 31.1. The Hall–Kier alpha value is -1.71. The Morgan fingerprint density at radius 2 is 2.18 bits per heavy atom. The number of rotatable bonds is 4. The first kappa shape index (κ1) is 13.4. The minimum Gasteiger partial charge on any atom is -0.495 e. The van der Waals surface area contributed by atoms with Crippen LogP contribution < -0.4 is 15.2 Å². The molecule has 3 N–H and O–H groups in total. The van der Waals surface area contributed by atoms with Crippen molar-refractivity contribution in [2.45, 2.75) is 11.8 Å². The number of nitrogens with one attached hydrogen (secondary N) is 1. The van der Waals surface area contributed by atoms with E-state index in [2.05, 4.69) is 10.6 Å². The highest BCUT2D eigenvalue weighted by atomic mass is 32.2. The normalized spacial score (nSPS) is 10.9. The summed E-state index contributed by atoms with van der Waals surface area (Å²) in [5, 5.41) is 0. The molecule has 92 valence electrons. The molecule has 0 spiro atoms. The predicted octanol–water partition coefficient (Wildman–Crippen LogP) is 0.497. The van der Waals surface area contributed by atoms with Gasteiger partial charge in [-0.1, -0.05) is 5.92 Å². The maximum Gasteiger partial charge on any atom is 0.245 e. The molecule has 0 aliphatic carbocycles. The first-order valence-corrected chi connectivity index (χ1v) is 6.28. The fourth-order valence-corrected chi connectivity index (χ4v) is 2.38. The molecule has 1 rings (SSSR count). The minimum absolute atomic E-state index is 0.0154. The van der Waals surface area contributed by atoms with Gasteiger partial charge in [-0.3, -0.25) is 0 Å². The van der Waals surface area contributed by atoms with E-state index in [1.165, 1.54) is 13.2 Å². The van der Waals surface area contributed by atoms with Crippen molar-refractivity contribution in [2.24, 2.45) is 0 Å². The molecule has 0 saturated heterocycles. The smallest absolute Gasteiger partial charge is 0.245 e. The quantitative estimate of drug-likeness (QED) is 0.605. The molecule has 0 atom stereocenters. The highest BCUT2D eigenvalue weighted by Gasteiger charge is 2.20. The lowest BCUT2D eigenvalue weighted by Gasteiger charge is -2.12. The second kappa shape index (κ2) is 5.08. The average Bonchev–Trinajstić information content (AvgIpc) is 2.29. The third-order valence-electron chi connectivity index (χ3n) is 2.21. The maximum absolute atomic E-state index is 11.9. The van der Waals surface area contributed by atoms with Crippen LogP contribution in [0.4, 0.5) is 5.69 Å². The molecule has 0 saturated carbocycles. The highest BCUT2D eigenvalue weighted by molar-refractivity contribution is 7.89. The summed E-state index contributed by atoms with van der Waals surface area (Å²) in [6, 6.07) is 2.92. The largest absolute Gasteiger partial charge is 0.495 e. The lowest BCUT2D eigenvalue weighted by molar-refractivity contribution is 0.402. The monoisotopic (exact) mass is 254 g/mol. The van der Waals surface area contributed by atoms with Crippen LogP contribution in [0.3, 0.4) is 0 Å². The highest BCUT2D eigenvalue weighted by Crippen LogP contribution is 2.28. The Kier molecular flexibility index (Phi) is 3.99. The number of sulfonamides is 1. The molecule has 5 nitrogen and oxygen atoms in total. The summed E-state index contributed by atoms with van der Waals surface area (Å²) in [5.74, 6) is 2.43. The molecule has 0 fully saturated rings. The minimum atomic E-state index is -3.70. The van der Waals surface area contributed by atoms with Crippen LogP contribution in [0.25, 0.3) is 0 Å². The van der Waals surface area contributed by atoms with Crippen LogP contribution in [0.1, 0.15) is 5.56 Å². The Labute approximate surface area is 101 Å². The number of anilines is 1. The molecule has 0 aromatic heterocycles. The van der Waals surface area contributed by atoms with E-state index in [-0.39, 0.29) is 17.2 Å². The van der Waals surface area contributed by atoms with Crippen molar-refractivity contribution >= 4 is 15.7 Å². The number of ether oxygens (including phenoxy) is 1. The summed E-state index contributed by atoms with van der Waals surface area (Å²) in [7, 11) is -2.31. The molecule has 17 heavy (non-hydrogen) atoms. The number of hydrogen-bond acceptors (Lipinski definition) is 4. The molecule has 0 unspecified atom stereocenters. The number of hydrogen-bond donors (Lipinski definition) is 2. The Morgan fingerprint density at radius 1 is 1.53 bits per heavy atom. The van der Waals surface area contributed by atoms with Gasteiger partial charge in [-0.25, -0.2) is 8.42 Å². The first-order valence-electron chi connectivity index (χ1n) is 4.79. The van der Waals surface area contributed by atoms with Gasteiger partial charge in [-0.2, -0.15) is 4.72 Å². The summed E-state index contributed by atoms with van der Waals surface area (Å²) >= 11 is 0. The standard InChI is InChI=1S/C11H14N2O3S/c1-4-5-13-17(14,15)11-7-9(12)8(2)6-10(11)16-3/h1,6-7,13H,5,12H2,2-3H3. The van der Waals surface area contributed by atoms with Gasteiger partial charge in [0, 0.05) is 5.69 Å². The van der Waals surface area contributed by atoms with Crippen LogP contribution in [0.15, 0.2) is 17.0 Å². The SMILES string of the molecule is C#CCNS(=O)(=O)c1cc(N)c(C)cc1OC. The molecular formula is C11H14N2O3S. The molecule has 0 heterocycles. The summed E-state index contributed by atoms with van der Waals surface area (Å²) in [6.45, 7) is 1.68. The first-order chi connectivity index (χ1) is 7.92. The van der Waals surface area contributed by atoms with Crippen LogP contribution in [-0.2, 0) is 10.0 Å². The lowest BCUT2D eigenvalue weighted by Crippen LogP contribution is -2.24. The van der Waals surface area contributed by atoms with Crippen LogP contribution >= 0.6 is 0 Å². The average molecular weight is 254 g/mol. The van der Waals surface area contributed by atoms with Crippen LogP contribution in [0, 0.1) is 19.3 Å². The number of nitrogen functional groups attached to an aromatic ring is 1. The molecule has 0 aliphatic rings. The third kappa shape index (κ3) is 2.90. The van der Waals surface area contributed by atoms with Gasteiger partial charge in [-0.15, -0.1) is 6.42 Å². The third-order valence-corrected chi connectivity index (χ3v) is 3.63. The fourth-order valence-electron chi connectivity index (χ4n) is 1.26. The van der Waals surface area contributed by atoms with E-state index in [1.54, 1.807) is 13.0 Å². The van der Waals surface area contributed by atoms with E-state index in [1.807, 2.05) is 0 Å². The van der Waals surface area contributed by atoms with Gasteiger partial charge in [0.2, 0.25) is 10.0 Å². The van der Waals surface area contributed by atoms with Crippen molar-refractivity contribution in [1.82, 2.24) is 4.72 Å². The van der Waals surface area contributed by atoms with E-state index in [4.69, 9.17) is 16.9 Å². The molecule has 0 aliphatic heterocycles. The lowest BCUT2D eigenvalue weighted by atomic mass is 10.2. The molecule has 0 radical (unpaired) electrons. The van der Waals surface area contributed by atoms with E-state index >= 15 is 0 Å². The van der Waals surface area contributed by atoms with Crippen molar-refractivity contribution in [3.8, 4) is 18.1 Å². The number of methoxy groups -OCH3 is 1. The molecule has 0 amide bonds. The van der Waals surface area contributed by atoms with E-state index in [9.17, 15) is 8.42 Å². The van der Waals surface area contributed by atoms with Crippen molar-refractivity contribution in [3.63, 3.8) is 0 Å². The zero-order valence-corrected chi connectivity index (χ0v) is 10.5. The van der Waals surface area contributed by atoms with Gasteiger partial charge in [0.05, 0.1) is 13.7 Å². The Bertz CT molecular complexity index is 559. The van der Waals surface area contributed by atoms with Crippen molar-refractivity contribution in [1.29, 1.82) is 0 Å². The topological polar surface area (TPSA) is 81.4 Å². The number of aryl methyl sites for hydroxylation is 1. The zero-order valence-electron chi connectivity index (χ0n) is 9.65. The van der Waals surface area contributed by atoms with Gasteiger partial charge >= 0.3 is 0 Å². The van der Waals surface area contributed by atoms with Gasteiger partial charge in [0.1, 0.15) is 10.6 Å². The van der Waals surface area contributed by atoms with Gasteiger partial charge in [0.15, 0.2) is 0 Å². The summed E-state index contributed by atoms with van der Waals surface area (Å²) in [6.07, 6.45) is 5.01. The Balaban J connectivity index is 3.31. The summed E-state index contributed by atoms with van der Waals surface area (Å²) in [5.41, 5.74) is 6.81. The predicted molar refractivity (Wildman–Crippen MR) is 66.2 cm³/mol. The molecule has 0 bridgehead atoms. The molecule has 1 aromatic rings. The Morgan fingerprint density at radius 3 is 2.71 bits per heavy atom. The van der Waals surface area contributed by atoms with Crippen LogP contribution in [0.5, 0.6) is 5.75 Å². The second-order valence-corrected chi connectivity index (χ2v) is 5.12. The number of terminal acetylenes is 1. The maximum atomic E-state index is 11.9. The van der Waals surface area contributed by atoms with E-state index < -0.39 is 10.0 Å². The zero-order chi connectivity index (χ0) is 13.1. The molecule has 1 aromatic carbocycles. The van der Waals surface area contributed by atoms with E-state index in [0.717, 1.165) is 5.56 Å². The van der Waals surface area contributed by atoms with Crippen molar-refractivity contribution in [3.05, 3.63) is 17.7 Å². The van der Waals surface area contributed by atoms with Gasteiger partial charge in [0.25, 0.3) is 0 Å². The summed E-state index contributed by atoms with van der Waals surface area (Å²) in [4.78, 5) is -0.0154. The van der Waals surface area contributed by atoms with Gasteiger partial charge in [-0.05, 0) is 24.6 Å². The second-order valence-electron chi connectivity index (χ2n) is 3.39. The van der Waals surface area contributed by atoms with Crippen molar-refractivity contribution in [2.75, 3.05) is 19.4 Å². The molecular weight excluding hydrogens is 240 g/mol. The number of benzene rings is 1. The van der Waals surface area contributed by atoms with Crippen LogP contribution in [-0.4, -0.2) is 22.1 Å². The van der Waals surface area contributed by atoms with Gasteiger partial charge < -0.3 is 10.5 Å². The fraction of sp³-hybridized carbons (Fsp3) is 0.273. The van der Waals surface area contributed by atoms with E-state index in [0.29, 0.717) is 5.69 Å².